The molecule has 0 aliphatic heterocycles. The van der Waals surface area contributed by atoms with Crippen molar-refractivity contribution < 1.29 is 4.79 Å². The molecular formula is C18H19N9O. The predicted molar refractivity (Wildman–Crippen MR) is 103 cm³/mol. The van der Waals surface area contributed by atoms with Crippen molar-refractivity contribution in [1.29, 1.82) is 0 Å². The smallest absolute Gasteiger partial charge is 0.254 e. The highest BCUT2D eigenvalue weighted by Crippen LogP contribution is 2.16. The van der Waals surface area contributed by atoms with Gasteiger partial charge in [-0.25, -0.2) is 4.98 Å². The zero-order valence-electron chi connectivity index (χ0n) is 15.5. The number of amides is 1. The number of anilines is 2. The van der Waals surface area contributed by atoms with E-state index in [1.165, 1.54) is 0 Å². The number of rotatable bonds is 5. The van der Waals surface area contributed by atoms with Gasteiger partial charge in [-0.15, -0.1) is 5.10 Å². The first-order chi connectivity index (χ1) is 13.5. The van der Waals surface area contributed by atoms with Crippen LogP contribution in [-0.4, -0.2) is 40.3 Å². The Hall–Kier alpha value is -3.82. The Balaban J connectivity index is 1.47. The molecule has 0 aromatic carbocycles. The Morgan fingerprint density at radius 2 is 2.11 bits per heavy atom. The maximum Gasteiger partial charge on any atom is 0.254 e. The molecule has 142 valence electrons. The number of fused-ring (bicyclic) bond motifs is 1. The van der Waals surface area contributed by atoms with Gasteiger partial charge in [-0.3, -0.25) is 14.5 Å². The van der Waals surface area contributed by atoms with Gasteiger partial charge < -0.3 is 11.1 Å². The molecule has 0 unspecified atom stereocenters. The molecule has 10 heteroatoms. The van der Waals surface area contributed by atoms with Crippen molar-refractivity contribution in [3.05, 3.63) is 59.4 Å². The minimum Gasteiger partial charge on any atom is -0.366 e. The van der Waals surface area contributed by atoms with E-state index in [0.717, 1.165) is 22.6 Å². The standard InChI is InChI=1S/C18H19N9O/c1-11-15(12(2)27-18(22-11)24-17(19)25-27)7-16(28)23-14-8-21-26(10-14)9-13-5-3-4-6-20-13/h3-6,8,10H,7,9H2,1-2H3,(H2,19,25)(H,23,28). The number of carbonyl (C=O) groups is 1. The van der Waals surface area contributed by atoms with E-state index in [9.17, 15) is 4.79 Å². The Bertz CT molecular complexity index is 1150. The van der Waals surface area contributed by atoms with Crippen LogP contribution in [0.1, 0.15) is 22.6 Å². The minimum atomic E-state index is -0.169. The molecule has 4 heterocycles. The van der Waals surface area contributed by atoms with Crippen molar-refractivity contribution in [1.82, 2.24) is 34.3 Å². The number of nitrogens with one attached hydrogen (secondary N) is 1. The number of nitrogen functional groups attached to an aromatic ring is 1. The Labute approximate surface area is 160 Å². The topological polar surface area (TPSA) is 129 Å². The third kappa shape index (κ3) is 3.52. The third-order valence-electron chi connectivity index (χ3n) is 4.37. The van der Waals surface area contributed by atoms with E-state index in [1.807, 2.05) is 32.0 Å². The van der Waals surface area contributed by atoms with Crippen LogP contribution in [0, 0.1) is 13.8 Å². The van der Waals surface area contributed by atoms with Gasteiger partial charge in [-0.2, -0.15) is 14.6 Å². The maximum atomic E-state index is 12.5. The lowest BCUT2D eigenvalue weighted by Crippen LogP contribution is -2.17. The molecule has 0 saturated carbocycles. The summed E-state index contributed by atoms with van der Waals surface area (Å²) >= 11 is 0. The quantitative estimate of drug-likeness (QED) is 0.533. The summed E-state index contributed by atoms with van der Waals surface area (Å²) in [7, 11) is 0. The number of hydrogen-bond acceptors (Lipinski definition) is 7. The molecule has 0 spiro atoms. The van der Waals surface area contributed by atoms with Gasteiger partial charge in [0.1, 0.15) is 0 Å². The van der Waals surface area contributed by atoms with Crippen molar-refractivity contribution >= 4 is 23.3 Å². The third-order valence-corrected chi connectivity index (χ3v) is 4.37. The fourth-order valence-corrected chi connectivity index (χ4v) is 3.02. The van der Waals surface area contributed by atoms with Crippen LogP contribution >= 0.6 is 0 Å². The average molecular weight is 377 g/mol. The molecule has 4 aromatic rings. The molecular weight excluding hydrogens is 358 g/mol. The van der Waals surface area contributed by atoms with Crippen molar-refractivity contribution in [2.24, 2.45) is 0 Å². The van der Waals surface area contributed by atoms with E-state index in [1.54, 1.807) is 27.8 Å². The number of pyridine rings is 1. The molecule has 0 saturated heterocycles. The Kier molecular flexibility index (Phi) is 4.44. The maximum absolute atomic E-state index is 12.5. The second kappa shape index (κ2) is 7.06. The fraction of sp³-hybridized carbons (Fsp3) is 0.222. The molecule has 3 N–H and O–H groups in total. The number of aromatic nitrogens is 7. The lowest BCUT2D eigenvalue weighted by molar-refractivity contribution is -0.115. The van der Waals surface area contributed by atoms with Gasteiger partial charge in [-0.1, -0.05) is 6.07 Å². The highest BCUT2D eigenvalue weighted by Gasteiger charge is 2.16. The van der Waals surface area contributed by atoms with Gasteiger partial charge in [0.15, 0.2) is 0 Å². The van der Waals surface area contributed by atoms with Gasteiger partial charge in [0.05, 0.1) is 30.5 Å². The second-order valence-electron chi connectivity index (χ2n) is 6.42. The summed E-state index contributed by atoms with van der Waals surface area (Å²) in [6.07, 6.45) is 5.28. The van der Waals surface area contributed by atoms with E-state index in [-0.39, 0.29) is 18.3 Å². The summed E-state index contributed by atoms with van der Waals surface area (Å²) in [5.41, 5.74) is 9.45. The SMILES string of the molecule is Cc1nc2nc(N)nn2c(C)c1CC(=O)Nc1cnn(Cc2ccccn2)c1. The van der Waals surface area contributed by atoms with Crippen LogP contribution < -0.4 is 11.1 Å². The van der Waals surface area contributed by atoms with Gasteiger partial charge in [-0.05, 0) is 26.0 Å². The monoisotopic (exact) mass is 377 g/mol. The Morgan fingerprint density at radius 3 is 2.89 bits per heavy atom. The largest absolute Gasteiger partial charge is 0.366 e. The normalized spacial score (nSPS) is 11.1. The first-order valence-electron chi connectivity index (χ1n) is 8.70. The van der Waals surface area contributed by atoms with Crippen LogP contribution in [0.5, 0.6) is 0 Å². The first-order valence-corrected chi connectivity index (χ1v) is 8.70. The van der Waals surface area contributed by atoms with Crippen molar-refractivity contribution in [3.63, 3.8) is 0 Å². The molecule has 28 heavy (non-hydrogen) atoms. The molecule has 0 radical (unpaired) electrons. The van der Waals surface area contributed by atoms with Crippen LogP contribution in [0.25, 0.3) is 5.78 Å². The summed E-state index contributed by atoms with van der Waals surface area (Å²) in [5, 5.41) is 11.2. The Morgan fingerprint density at radius 1 is 1.25 bits per heavy atom. The van der Waals surface area contributed by atoms with E-state index >= 15 is 0 Å². The number of hydrogen-bond donors (Lipinski definition) is 2. The molecule has 0 aliphatic carbocycles. The molecule has 0 atom stereocenters. The van der Waals surface area contributed by atoms with E-state index < -0.39 is 0 Å². The minimum absolute atomic E-state index is 0.150. The average Bonchev–Trinajstić information content (AvgIpc) is 3.25. The van der Waals surface area contributed by atoms with Crippen molar-refractivity contribution in [2.45, 2.75) is 26.8 Å². The number of carbonyl (C=O) groups excluding carboxylic acids is 1. The zero-order chi connectivity index (χ0) is 19.7. The summed E-state index contributed by atoms with van der Waals surface area (Å²) in [5.74, 6) is 0.405. The van der Waals surface area contributed by atoms with Gasteiger partial charge in [0, 0.05) is 29.3 Å². The summed E-state index contributed by atoms with van der Waals surface area (Å²) in [4.78, 5) is 25.2. The van der Waals surface area contributed by atoms with E-state index in [2.05, 4.69) is 30.5 Å². The first kappa shape index (κ1) is 17.6. The van der Waals surface area contributed by atoms with Crippen LogP contribution in [0.2, 0.25) is 0 Å². The molecule has 0 fully saturated rings. The van der Waals surface area contributed by atoms with Crippen LogP contribution in [-0.2, 0) is 17.8 Å². The molecule has 0 aliphatic rings. The van der Waals surface area contributed by atoms with Crippen molar-refractivity contribution in [3.8, 4) is 0 Å². The predicted octanol–water partition coefficient (Wildman–Crippen LogP) is 1.14. The summed E-state index contributed by atoms with van der Waals surface area (Å²) < 4.78 is 3.27. The molecule has 4 aromatic heterocycles. The van der Waals surface area contributed by atoms with Gasteiger partial charge in [0.2, 0.25) is 11.9 Å². The molecule has 4 rings (SSSR count). The van der Waals surface area contributed by atoms with Crippen molar-refractivity contribution in [2.75, 3.05) is 11.1 Å². The highest BCUT2D eigenvalue weighted by molar-refractivity contribution is 5.92. The number of nitrogens with two attached hydrogens (primary N) is 1. The summed E-state index contributed by atoms with van der Waals surface area (Å²) in [6.45, 7) is 4.23. The number of aryl methyl sites for hydroxylation is 2. The van der Waals surface area contributed by atoms with Crippen LogP contribution in [0.15, 0.2) is 36.8 Å². The highest BCUT2D eigenvalue weighted by atomic mass is 16.1. The lowest BCUT2D eigenvalue weighted by Gasteiger charge is -2.10. The lowest BCUT2D eigenvalue weighted by atomic mass is 10.1. The van der Waals surface area contributed by atoms with Crippen LogP contribution in [0.3, 0.4) is 0 Å². The van der Waals surface area contributed by atoms with Gasteiger partial charge >= 0.3 is 0 Å². The molecule has 10 nitrogen and oxygen atoms in total. The van der Waals surface area contributed by atoms with E-state index in [0.29, 0.717) is 18.0 Å². The number of nitrogens with zero attached hydrogens (tertiary/aromatic N) is 7. The van der Waals surface area contributed by atoms with Crippen LogP contribution in [0.4, 0.5) is 11.6 Å². The molecule has 0 bridgehead atoms. The van der Waals surface area contributed by atoms with E-state index in [4.69, 9.17) is 5.73 Å². The second-order valence-corrected chi connectivity index (χ2v) is 6.42. The van der Waals surface area contributed by atoms with Gasteiger partial charge in [0.25, 0.3) is 5.78 Å². The zero-order valence-corrected chi connectivity index (χ0v) is 15.5. The summed E-state index contributed by atoms with van der Waals surface area (Å²) in [6, 6.07) is 5.71. The molecule has 1 amide bonds. The fourth-order valence-electron chi connectivity index (χ4n) is 3.02.